The van der Waals surface area contributed by atoms with Crippen LogP contribution < -0.4 is 4.74 Å². The molecule has 1 heterocycles. The summed E-state index contributed by atoms with van der Waals surface area (Å²) in [7, 11) is 1.61. The van der Waals surface area contributed by atoms with Crippen LogP contribution in [0.5, 0.6) is 5.75 Å². The molecule has 1 aliphatic rings. The van der Waals surface area contributed by atoms with Gasteiger partial charge in [-0.1, -0.05) is 30.4 Å². The zero-order valence-corrected chi connectivity index (χ0v) is 14.1. The van der Waals surface area contributed by atoms with Gasteiger partial charge < -0.3 is 9.64 Å². The summed E-state index contributed by atoms with van der Waals surface area (Å²) >= 11 is 0. The number of nitro groups is 1. The molecule has 0 saturated carbocycles. The van der Waals surface area contributed by atoms with Gasteiger partial charge in [0.15, 0.2) is 0 Å². The van der Waals surface area contributed by atoms with Crippen molar-refractivity contribution in [3.63, 3.8) is 0 Å². The highest BCUT2D eigenvalue weighted by molar-refractivity contribution is 5.73. The summed E-state index contributed by atoms with van der Waals surface area (Å²) in [6.07, 6.45) is 9.19. The van der Waals surface area contributed by atoms with Gasteiger partial charge in [-0.25, -0.2) is 0 Å². The Hall–Kier alpha value is -3.08. The van der Waals surface area contributed by atoms with E-state index in [4.69, 9.17) is 4.74 Å². The molecular weight excluding hydrogens is 316 g/mol. The third kappa shape index (κ3) is 4.07. The third-order valence-electron chi connectivity index (χ3n) is 4.20. The number of methoxy groups -OCH3 is 1. The van der Waals surface area contributed by atoms with Crippen molar-refractivity contribution in [1.29, 1.82) is 0 Å². The van der Waals surface area contributed by atoms with Crippen LogP contribution in [0.4, 0.5) is 5.69 Å². The van der Waals surface area contributed by atoms with Crippen molar-refractivity contribution in [2.45, 2.75) is 6.42 Å². The molecule has 0 spiro atoms. The van der Waals surface area contributed by atoms with Gasteiger partial charge in [0, 0.05) is 30.8 Å². The number of nitro benzene ring substituents is 1. The molecule has 5 heteroatoms. The Morgan fingerprint density at radius 1 is 1.20 bits per heavy atom. The van der Waals surface area contributed by atoms with Gasteiger partial charge in [-0.2, -0.15) is 0 Å². The average molecular weight is 336 g/mol. The molecule has 25 heavy (non-hydrogen) atoms. The number of hydrogen-bond donors (Lipinski definition) is 0. The first-order valence-corrected chi connectivity index (χ1v) is 8.16. The molecule has 0 fully saturated rings. The summed E-state index contributed by atoms with van der Waals surface area (Å²) in [6, 6.07) is 12.7. The lowest BCUT2D eigenvalue weighted by Gasteiger charge is -2.20. The van der Waals surface area contributed by atoms with E-state index in [0.29, 0.717) is 5.75 Å². The smallest absolute Gasteiger partial charge is 0.270 e. The monoisotopic (exact) mass is 336 g/mol. The molecule has 2 aromatic carbocycles. The minimum Gasteiger partial charge on any atom is -0.496 e. The second-order valence-electron chi connectivity index (χ2n) is 5.86. The van der Waals surface area contributed by atoms with E-state index in [1.807, 2.05) is 30.4 Å². The SMILES string of the molecule is COc1ccc(CCN2C=CC=CC2)cc1-c1cccc([N+](=O)[O-])c1. The second-order valence-corrected chi connectivity index (χ2v) is 5.86. The maximum Gasteiger partial charge on any atom is 0.270 e. The van der Waals surface area contributed by atoms with Gasteiger partial charge in [-0.05, 0) is 42.0 Å². The predicted octanol–water partition coefficient (Wildman–Crippen LogP) is 4.20. The molecule has 5 nitrogen and oxygen atoms in total. The fourth-order valence-corrected chi connectivity index (χ4v) is 2.87. The minimum atomic E-state index is -0.379. The number of non-ortho nitro benzene ring substituents is 1. The fraction of sp³-hybridized carbons (Fsp3) is 0.200. The highest BCUT2D eigenvalue weighted by Crippen LogP contribution is 2.33. The van der Waals surface area contributed by atoms with Crippen LogP contribution in [0.2, 0.25) is 0 Å². The molecular formula is C20H20N2O3. The number of allylic oxidation sites excluding steroid dienone is 2. The van der Waals surface area contributed by atoms with E-state index in [9.17, 15) is 10.1 Å². The van der Waals surface area contributed by atoms with Crippen LogP contribution in [-0.2, 0) is 6.42 Å². The average Bonchev–Trinajstić information content (AvgIpc) is 2.67. The molecule has 1 aliphatic heterocycles. The summed E-state index contributed by atoms with van der Waals surface area (Å²) < 4.78 is 5.45. The Kier molecular flexibility index (Phi) is 5.14. The summed E-state index contributed by atoms with van der Waals surface area (Å²) in [5.74, 6) is 0.713. The number of rotatable bonds is 6. The van der Waals surface area contributed by atoms with Gasteiger partial charge in [-0.3, -0.25) is 10.1 Å². The normalized spacial score (nSPS) is 13.1. The van der Waals surface area contributed by atoms with Crippen molar-refractivity contribution in [2.75, 3.05) is 20.2 Å². The van der Waals surface area contributed by atoms with Crippen molar-refractivity contribution in [2.24, 2.45) is 0 Å². The summed E-state index contributed by atoms with van der Waals surface area (Å²) in [6.45, 7) is 1.84. The molecule has 0 N–H and O–H groups in total. The van der Waals surface area contributed by atoms with E-state index in [-0.39, 0.29) is 10.6 Å². The highest BCUT2D eigenvalue weighted by Gasteiger charge is 2.12. The van der Waals surface area contributed by atoms with E-state index in [2.05, 4.69) is 23.2 Å². The maximum absolute atomic E-state index is 11.0. The lowest BCUT2D eigenvalue weighted by molar-refractivity contribution is -0.384. The van der Waals surface area contributed by atoms with Gasteiger partial charge in [0.05, 0.1) is 12.0 Å². The molecule has 0 saturated heterocycles. The lowest BCUT2D eigenvalue weighted by atomic mass is 10.00. The quantitative estimate of drug-likeness (QED) is 0.586. The van der Waals surface area contributed by atoms with Crippen LogP contribution in [0.3, 0.4) is 0 Å². The van der Waals surface area contributed by atoms with Crippen molar-refractivity contribution in [3.05, 3.63) is 82.6 Å². The molecule has 2 aromatic rings. The van der Waals surface area contributed by atoms with Crippen LogP contribution in [0.1, 0.15) is 5.56 Å². The molecule has 0 amide bonds. The van der Waals surface area contributed by atoms with Crippen LogP contribution in [0, 0.1) is 10.1 Å². The van der Waals surface area contributed by atoms with Crippen LogP contribution >= 0.6 is 0 Å². The number of benzene rings is 2. The van der Waals surface area contributed by atoms with Crippen molar-refractivity contribution in [3.8, 4) is 16.9 Å². The number of hydrogen-bond acceptors (Lipinski definition) is 4. The van der Waals surface area contributed by atoms with Gasteiger partial charge in [0.25, 0.3) is 5.69 Å². The fourth-order valence-electron chi connectivity index (χ4n) is 2.87. The molecule has 0 unspecified atom stereocenters. The zero-order valence-electron chi connectivity index (χ0n) is 14.1. The van der Waals surface area contributed by atoms with E-state index in [1.165, 1.54) is 11.6 Å². The van der Waals surface area contributed by atoms with E-state index >= 15 is 0 Å². The Labute approximate surface area is 147 Å². The summed E-state index contributed by atoms with van der Waals surface area (Å²) in [4.78, 5) is 12.9. The van der Waals surface area contributed by atoms with Gasteiger partial charge >= 0.3 is 0 Å². The lowest BCUT2D eigenvalue weighted by Crippen LogP contribution is -2.21. The first-order valence-electron chi connectivity index (χ1n) is 8.16. The predicted molar refractivity (Wildman–Crippen MR) is 98.6 cm³/mol. The molecule has 0 aliphatic carbocycles. The van der Waals surface area contributed by atoms with E-state index in [0.717, 1.165) is 30.6 Å². The number of ether oxygens (including phenoxy) is 1. The first-order chi connectivity index (χ1) is 12.2. The molecule has 0 radical (unpaired) electrons. The third-order valence-corrected chi connectivity index (χ3v) is 4.20. The zero-order chi connectivity index (χ0) is 17.6. The Balaban J connectivity index is 1.85. The van der Waals surface area contributed by atoms with Gasteiger partial charge in [0.1, 0.15) is 5.75 Å². The highest BCUT2D eigenvalue weighted by atomic mass is 16.6. The largest absolute Gasteiger partial charge is 0.496 e. The van der Waals surface area contributed by atoms with Crippen molar-refractivity contribution in [1.82, 2.24) is 4.90 Å². The number of nitrogens with zero attached hydrogens (tertiary/aromatic N) is 2. The second kappa shape index (κ2) is 7.66. The standard InChI is InChI=1S/C20H20N2O3/c1-25-20-9-8-16(10-13-21-11-3-2-4-12-21)14-19(20)17-6-5-7-18(15-17)22(23)24/h2-9,11,14-15H,10,12-13H2,1H3. The van der Waals surface area contributed by atoms with Crippen molar-refractivity contribution >= 4 is 5.69 Å². The van der Waals surface area contributed by atoms with Crippen LogP contribution in [-0.4, -0.2) is 30.0 Å². The Bertz CT molecular complexity index is 827. The van der Waals surface area contributed by atoms with E-state index in [1.54, 1.807) is 19.2 Å². The Morgan fingerprint density at radius 3 is 2.80 bits per heavy atom. The van der Waals surface area contributed by atoms with Gasteiger partial charge in [0.2, 0.25) is 0 Å². The summed E-state index contributed by atoms with van der Waals surface area (Å²) in [5, 5.41) is 11.0. The molecule has 3 rings (SSSR count). The molecule has 0 bridgehead atoms. The topological polar surface area (TPSA) is 55.6 Å². The summed E-state index contributed by atoms with van der Waals surface area (Å²) in [5.41, 5.74) is 2.91. The van der Waals surface area contributed by atoms with Crippen molar-refractivity contribution < 1.29 is 9.66 Å². The molecule has 128 valence electrons. The van der Waals surface area contributed by atoms with Crippen LogP contribution in [0.25, 0.3) is 11.1 Å². The first kappa shape index (κ1) is 16.8. The van der Waals surface area contributed by atoms with Crippen LogP contribution in [0.15, 0.2) is 66.9 Å². The maximum atomic E-state index is 11.0. The molecule has 0 aromatic heterocycles. The minimum absolute atomic E-state index is 0.0789. The van der Waals surface area contributed by atoms with Gasteiger partial charge in [-0.15, -0.1) is 0 Å². The molecule has 0 atom stereocenters. The Morgan fingerprint density at radius 2 is 2.08 bits per heavy atom. The van der Waals surface area contributed by atoms with E-state index < -0.39 is 0 Å².